The third kappa shape index (κ3) is 3.94. The summed E-state index contributed by atoms with van der Waals surface area (Å²) in [4.78, 5) is 4.51. The van der Waals surface area contributed by atoms with Gasteiger partial charge in [0.1, 0.15) is 5.76 Å². The van der Waals surface area contributed by atoms with E-state index in [4.69, 9.17) is 4.42 Å². The molecule has 2 unspecified atom stereocenters. The molecule has 2 aliphatic rings. The van der Waals surface area contributed by atoms with Gasteiger partial charge in [0.2, 0.25) is 0 Å². The van der Waals surface area contributed by atoms with Crippen LogP contribution in [0.1, 0.15) is 80.3 Å². The number of nitrogens with zero attached hydrogens (tertiary/aromatic N) is 2. The Morgan fingerprint density at radius 2 is 1.97 bits per heavy atom. The summed E-state index contributed by atoms with van der Waals surface area (Å²) in [6.45, 7) is 6.32. The lowest BCUT2D eigenvalue weighted by molar-refractivity contribution is 0.363. The average molecular weight is 459 g/mol. The van der Waals surface area contributed by atoms with E-state index in [0.717, 1.165) is 36.6 Å². The molecule has 3 aromatic rings. The Labute approximate surface area is 186 Å². The highest BCUT2D eigenvalue weighted by molar-refractivity contribution is 7.90. The van der Waals surface area contributed by atoms with Gasteiger partial charge in [0.25, 0.3) is 0 Å². The molecule has 2 N–H and O–H groups in total. The number of H-pyrrole nitrogens is 1. The number of aromatic nitrogens is 3. The van der Waals surface area contributed by atoms with Crippen LogP contribution < -0.4 is 5.32 Å². The molecule has 170 valence electrons. The van der Waals surface area contributed by atoms with Gasteiger partial charge in [-0.15, -0.1) is 0 Å². The molecule has 0 radical (unpaired) electrons. The Morgan fingerprint density at radius 1 is 1.19 bits per heavy atom. The quantitative estimate of drug-likeness (QED) is 0.567. The van der Waals surface area contributed by atoms with Crippen molar-refractivity contribution in [3.05, 3.63) is 58.7 Å². The normalized spacial score (nSPS) is 22.2. The van der Waals surface area contributed by atoms with Crippen molar-refractivity contribution in [3.63, 3.8) is 0 Å². The minimum absolute atomic E-state index is 0.0653. The fraction of sp³-hybridized carbons (Fsp3) is 0.478. The van der Waals surface area contributed by atoms with E-state index in [0.29, 0.717) is 17.3 Å². The van der Waals surface area contributed by atoms with Crippen molar-refractivity contribution < 1.29 is 17.2 Å². The van der Waals surface area contributed by atoms with Gasteiger partial charge in [0, 0.05) is 34.6 Å². The zero-order valence-electron chi connectivity index (χ0n) is 18.4. The van der Waals surface area contributed by atoms with Crippen LogP contribution in [0.2, 0.25) is 0 Å². The summed E-state index contributed by atoms with van der Waals surface area (Å²) in [6, 6.07) is 5.14. The topological polar surface area (TPSA) is 101 Å². The number of oxazole rings is 1. The smallest absolute Gasteiger partial charge is 0.197 e. The van der Waals surface area contributed by atoms with Gasteiger partial charge < -0.3 is 9.73 Å². The second kappa shape index (κ2) is 7.43. The lowest BCUT2D eigenvalue weighted by Gasteiger charge is -2.13. The molecule has 32 heavy (non-hydrogen) atoms. The first kappa shape index (κ1) is 21.2. The summed E-state index contributed by atoms with van der Waals surface area (Å²) in [5.74, 6) is 1.89. The van der Waals surface area contributed by atoms with E-state index in [1.165, 1.54) is 0 Å². The lowest BCUT2D eigenvalue weighted by atomic mass is 9.94. The number of rotatable bonds is 4. The molecule has 1 fully saturated rings. The van der Waals surface area contributed by atoms with Crippen molar-refractivity contribution in [2.75, 3.05) is 5.32 Å². The molecule has 0 amide bonds. The van der Waals surface area contributed by atoms with Gasteiger partial charge in [-0.1, -0.05) is 26.8 Å². The van der Waals surface area contributed by atoms with Crippen LogP contribution in [0.5, 0.6) is 0 Å². The maximum Gasteiger partial charge on any atom is 0.197 e. The number of anilines is 2. The number of fused-ring (bicyclic) bond motifs is 1. The predicted octanol–water partition coefficient (Wildman–Crippen LogP) is 5.06. The van der Waals surface area contributed by atoms with Gasteiger partial charge in [-0.05, 0) is 30.9 Å². The van der Waals surface area contributed by atoms with E-state index in [9.17, 15) is 12.8 Å². The number of benzene rings is 1. The Morgan fingerprint density at radius 3 is 2.72 bits per heavy atom. The van der Waals surface area contributed by atoms with Crippen LogP contribution in [0.15, 0.2) is 28.8 Å². The number of nitrogens with one attached hydrogen (secondary N) is 2. The van der Waals surface area contributed by atoms with Gasteiger partial charge in [-0.2, -0.15) is 5.10 Å². The van der Waals surface area contributed by atoms with Crippen LogP contribution in [0.25, 0.3) is 0 Å². The van der Waals surface area contributed by atoms with E-state index in [1.807, 2.05) is 12.3 Å². The first-order valence-electron chi connectivity index (χ1n) is 10.9. The maximum atomic E-state index is 14.9. The van der Waals surface area contributed by atoms with Crippen molar-refractivity contribution in [3.8, 4) is 0 Å². The van der Waals surface area contributed by atoms with Crippen molar-refractivity contribution in [1.82, 2.24) is 15.2 Å². The van der Waals surface area contributed by atoms with Gasteiger partial charge >= 0.3 is 0 Å². The summed E-state index contributed by atoms with van der Waals surface area (Å²) < 4.78 is 44.5. The molecule has 7 nitrogen and oxygen atoms in total. The van der Waals surface area contributed by atoms with Crippen molar-refractivity contribution in [2.24, 2.45) is 0 Å². The Hall–Kier alpha value is -2.68. The van der Waals surface area contributed by atoms with E-state index in [2.05, 4.69) is 41.3 Å². The highest BCUT2D eigenvalue weighted by Gasteiger charge is 2.33. The molecule has 0 spiro atoms. The number of halogens is 1. The second-order valence-corrected chi connectivity index (χ2v) is 12.0. The second-order valence-electron chi connectivity index (χ2n) is 9.95. The molecule has 1 aliphatic heterocycles. The molecule has 0 bridgehead atoms. The van der Waals surface area contributed by atoms with Crippen molar-refractivity contribution in [2.45, 2.75) is 68.8 Å². The average Bonchev–Trinajstić information content (AvgIpc) is 3.47. The maximum absolute atomic E-state index is 14.9. The molecule has 0 saturated heterocycles. The molecular weight excluding hydrogens is 431 g/mol. The van der Waals surface area contributed by atoms with E-state index in [-0.39, 0.29) is 34.1 Å². The molecule has 1 aromatic carbocycles. The summed E-state index contributed by atoms with van der Waals surface area (Å²) in [7, 11) is -3.26. The molecular formula is C23H27FN4O3S. The molecule has 9 heteroatoms. The minimum Gasteiger partial charge on any atom is -0.445 e. The fourth-order valence-electron chi connectivity index (χ4n) is 4.62. The van der Waals surface area contributed by atoms with Gasteiger partial charge in [-0.25, -0.2) is 17.8 Å². The molecule has 5 rings (SSSR count). The lowest BCUT2D eigenvalue weighted by Crippen LogP contribution is -2.09. The third-order valence-corrected chi connectivity index (χ3v) is 7.90. The summed E-state index contributed by atoms with van der Waals surface area (Å²) in [6.07, 6.45) is 4.73. The largest absolute Gasteiger partial charge is 0.445 e. The van der Waals surface area contributed by atoms with E-state index < -0.39 is 15.7 Å². The predicted molar refractivity (Wildman–Crippen MR) is 119 cm³/mol. The van der Waals surface area contributed by atoms with Gasteiger partial charge in [-0.3, -0.25) is 5.10 Å². The van der Waals surface area contributed by atoms with Gasteiger partial charge in [0.05, 0.1) is 23.4 Å². The highest BCUT2D eigenvalue weighted by atomic mass is 32.2. The first-order chi connectivity index (χ1) is 15.1. The van der Waals surface area contributed by atoms with Crippen LogP contribution >= 0.6 is 0 Å². The summed E-state index contributed by atoms with van der Waals surface area (Å²) in [5, 5.41) is 10.4. The highest BCUT2D eigenvalue weighted by Crippen LogP contribution is 2.44. The monoisotopic (exact) mass is 458 g/mol. The van der Waals surface area contributed by atoms with Crippen LogP contribution in [0.3, 0.4) is 0 Å². The Balaban J connectivity index is 1.28. The van der Waals surface area contributed by atoms with Gasteiger partial charge in [0.15, 0.2) is 27.4 Å². The Kier molecular flexibility index (Phi) is 4.92. The minimum atomic E-state index is -3.26. The first-order valence-corrected chi connectivity index (χ1v) is 12.7. The fourth-order valence-corrected chi connectivity index (χ4v) is 6.21. The van der Waals surface area contributed by atoms with Crippen molar-refractivity contribution >= 4 is 21.3 Å². The summed E-state index contributed by atoms with van der Waals surface area (Å²) in [5.41, 5.74) is 1.95. The third-order valence-electron chi connectivity index (χ3n) is 6.42. The Bertz CT molecular complexity index is 1270. The SMILES string of the molecule is CC(C)(C)c1cnc(C2CCC(c3cc(Nc4ccc5c(c4F)CS(=O)(=O)C5)n[nH]3)C2)o1. The zero-order valence-corrected chi connectivity index (χ0v) is 19.2. The molecule has 2 aromatic heterocycles. The molecule has 3 heterocycles. The number of hydrogen-bond acceptors (Lipinski definition) is 6. The number of hydrogen-bond donors (Lipinski definition) is 2. The number of sulfone groups is 1. The van der Waals surface area contributed by atoms with E-state index >= 15 is 0 Å². The standard InChI is InChI=1S/C23H27FN4O3S/c1-23(2,3)19-10-25-22(31-19)14-5-4-13(8-14)18-9-20(28-27-18)26-17-7-6-15-11-32(29,30)12-16(15)21(17)24/h6-7,9-10,13-14H,4-5,8,11-12H2,1-3H3,(H2,26,27,28). The molecule has 1 aliphatic carbocycles. The number of aromatic amines is 1. The molecule has 2 atom stereocenters. The van der Waals surface area contributed by atoms with Crippen LogP contribution in [0.4, 0.5) is 15.9 Å². The van der Waals surface area contributed by atoms with Crippen LogP contribution in [-0.4, -0.2) is 23.6 Å². The summed E-state index contributed by atoms with van der Waals surface area (Å²) >= 11 is 0. The van der Waals surface area contributed by atoms with Crippen molar-refractivity contribution in [1.29, 1.82) is 0 Å². The van der Waals surface area contributed by atoms with Crippen LogP contribution in [0, 0.1) is 5.82 Å². The molecule has 1 saturated carbocycles. The van der Waals surface area contributed by atoms with E-state index in [1.54, 1.807) is 12.1 Å². The van der Waals surface area contributed by atoms with Crippen LogP contribution in [-0.2, 0) is 26.8 Å². The zero-order chi connectivity index (χ0) is 22.7.